The van der Waals surface area contributed by atoms with Gasteiger partial charge in [0.05, 0.1) is 5.54 Å². The Hall–Kier alpha value is -1.22. The minimum Gasteiger partial charge on any atom is -0.382 e. The Balaban J connectivity index is 1.64. The molecule has 0 unspecified atom stereocenters. The molecule has 1 spiro atoms. The van der Waals surface area contributed by atoms with Crippen LogP contribution in [0.5, 0.6) is 0 Å². The van der Waals surface area contributed by atoms with Gasteiger partial charge in [0.15, 0.2) is 0 Å². The molecule has 1 saturated carbocycles. The summed E-state index contributed by atoms with van der Waals surface area (Å²) in [5.41, 5.74) is 3.98. The van der Waals surface area contributed by atoms with Crippen molar-refractivity contribution in [1.82, 2.24) is 4.90 Å². The second-order valence-corrected chi connectivity index (χ2v) is 8.98. The molecule has 0 bridgehead atoms. The molecule has 2 aliphatic heterocycles. The van der Waals surface area contributed by atoms with Gasteiger partial charge in [0.25, 0.3) is 0 Å². The Morgan fingerprint density at radius 2 is 1.88 bits per heavy atom. The molecule has 2 atom stereocenters. The van der Waals surface area contributed by atoms with E-state index in [4.69, 9.17) is 23.2 Å². The molecule has 5 rings (SSSR count). The van der Waals surface area contributed by atoms with E-state index in [-0.39, 0.29) is 5.54 Å². The third-order valence-corrected chi connectivity index (χ3v) is 6.95. The normalized spacial score (nSPS) is 28.2. The number of rotatable bonds is 3. The number of halogens is 2. The molecule has 2 aromatic carbocycles. The first-order chi connectivity index (χ1) is 12.7. The average molecular weight is 387 g/mol. The minimum atomic E-state index is 0.00540. The molecular formula is C22H24Cl2N2. The summed E-state index contributed by atoms with van der Waals surface area (Å²) < 4.78 is 0. The highest BCUT2D eigenvalue weighted by Crippen LogP contribution is 2.54. The molecule has 1 N–H and O–H groups in total. The number of fused-ring (bicyclic) bond motifs is 2. The zero-order valence-electron chi connectivity index (χ0n) is 14.8. The van der Waals surface area contributed by atoms with E-state index >= 15 is 0 Å². The molecule has 0 radical (unpaired) electrons. The summed E-state index contributed by atoms with van der Waals surface area (Å²) in [6.07, 6.45) is 5.21. The van der Waals surface area contributed by atoms with Crippen molar-refractivity contribution in [2.45, 2.75) is 37.1 Å². The molecule has 1 aliphatic carbocycles. The molecule has 4 heteroatoms. The average Bonchev–Trinajstić information content (AvgIpc) is 3.38. The van der Waals surface area contributed by atoms with E-state index < -0.39 is 0 Å². The lowest BCUT2D eigenvalue weighted by Crippen LogP contribution is -2.55. The molecule has 2 fully saturated rings. The van der Waals surface area contributed by atoms with Gasteiger partial charge in [-0.2, -0.15) is 0 Å². The summed E-state index contributed by atoms with van der Waals surface area (Å²) in [5.74, 6) is 1.32. The third kappa shape index (κ3) is 2.74. The van der Waals surface area contributed by atoms with E-state index in [0.29, 0.717) is 5.92 Å². The van der Waals surface area contributed by atoms with Gasteiger partial charge in [-0.3, -0.25) is 4.90 Å². The van der Waals surface area contributed by atoms with Crippen molar-refractivity contribution in [3.63, 3.8) is 0 Å². The first kappa shape index (κ1) is 16.9. The SMILES string of the molecule is Clc1cccc([C@H]2CCCN(CC3CC3)[C@@]23CNc2cc(Cl)ccc23)c1. The van der Waals surface area contributed by atoms with Crippen LogP contribution in [0.1, 0.15) is 42.7 Å². The third-order valence-electron chi connectivity index (χ3n) is 6.48. The van der Waals surface area contributed by atoms with Crippen molar-refractivity contribution in [3.8, 4) is 0 Å². The van der Waals surface area contributed by atoms with Crippen molar-refractivity contribution in [3.05, 3.63) is 63.6 Å². The summed E-state index contributed by atoms with van der Waals surface area (Å²) in [5, 5.41) is 5.32. The van der Waals surface area contributed by atoms with Gasteiger partial charge in [-0.15, -0.1) is 0 Å². The lowest BCUT2D eigenvalue weighted by Gasteiger charge is -2.51. The van der Waals surface area contributed by atoms with Crippen molar-refractivity contribution in [1.29, 1.82) is 0 Å². The molecule has 136 valence electrons. The Labute approximate surface area is 165 Å². The number of hydrogen-bond acceptors (Lipinski definition) is 2. The van der Waals surface area contributed by atoms with Gasteiger partial charge >= 0.3 is 0 Å². The molecule has 2 aromatic rings. The number of piperidine rings is 1. The van der Waals surface area contributed by atoms with Gasteiger partial charge in [0.1, 0.15) is 0 Å². The Morgan fingerprint density at radius 3 is 2.69 bits per heavy atom. The molecule has 3 aliphatic rings. The second-order valence-electron chi connectivity index (χ2n) is 8.11. The van der Waals surface area contributed by atoms with Crippen molar-refractivity contribution in [2.75, 3.05) is 25.0 Å². The van der Waals surface area contributed by atoms with Crippen LogP contribution in [0, 0.1) is 5.92 Å². The quantitative estimate of drug-likeness (QED) is 0.705. The van der Waals surface area contributed by atoms with E-state index in [9.17, 15) is 0 Å². The number of nitrogens with one attached hydrogen (secondary N) is 1. The van der Waals surface area contributed by atoms with Crippen molar-refractivity contribution in [2.24, 2.45) is 5.92 Å². The molecule has 2 nitrogen and oxygen atoms in total. The zero-order chi connectivity index (χ0) is 17.7. The Morgan fingerprint density at radius 1 is 1.04 bits per heavy atom. The zero-order valence-corrected chi connectivity index (χ0v) is 16.4. The van der Waals surface area contributed by atoms with Gasteiger partial charge < -0.3 is 5.32 Å². The number of benzene rings is 2. The number of anilines is 1. The van der Waals surface area contributed by atoms with Gasteiger partial charge in [-0.05, 0) is 73.5 Å². The van der Waals surface area contributed by atoms with Crippen LogP contribution in [0.4, 0.5) is 5.69 Å². The first-order valence-corrected chi connectivity index (χ1v) is 10.5. The van der Waals surface area contributed by atoms with E-state index in [2.05, 4.69) is 40.5 Å². The Kier molecular flexibility index (Phi) is 4.19. The molecule has 2 heterocycles. The molecule has 0 aromatic heterocycles. The standard InChI is InChI=1S/C22H24Cl2N2/c23-17-4-1-3-16(11-17)19-5-2-10-26(13-15-6-7-15)22(19)14-25-21-12-18(24)8-9-20(21)22/h1,3-4,8-9,11-12,15,19,25H,2,5-7,10,13-14H2/t19-,22+/m1/s1. The highest BCUT2D eigenvalue weighted by atomic mass is 35.5. The van der Waals surface area contributed by atoms with Crippen molar-refractivity contribution >= 4 is 28.9 Å². The van der Waals surface area contributed by atoms with Crippen LogP contribution in [-0.4, -0.2) is 24.5 Å². The maximum absolute atomic E-state index is 6.36. The second kappa shape index (κ2) is 6.44. The number of hydrogen-bond donors (Lipinski definition) is 1. The maximum Gasteiger partial charge on any atom is 0.0724 e. The topological polar surface area (TPSA) is 15.3 Å². The summed E-state index contributed by atoms with van der Waals surface area (Å²) >= 11 is 12.6. The van der Waals surface area contributed by atoms with Crippen LogP contribution in [0.25, 0.3) is 0 Å². The Bertz CT molecular complexity index is 833. The monoisotopic (exact) mass is 386 g/mol. The molecule has 0 amide bonds. The van der Waals surface area contributed by atoms with Gasteiger partial charge in [-0.1, -0.05) is 41.4 Å². The van der Waals surface area contributed by atoms with Crippen LogP contribution >= 0.6 is 23.2 Å². The van der Waals surface area contributed by atoms with E-state index in [1.165, 1.54) is 55.6 Å². The van der Waals surface area contributed by atoms with E-state index in [0.717, 1.165) is 22.5 Å². The van der Waals surface area contributed by atoms with Gasteiger partial charge in [0, 0.05) is 34.7 Å². The summed E-state index contributed by atoms with van der Waals surface area (Å²) in [4.78, 5) is 2.77. The fraction of sp³-hybridized carbons (Fsp3) is 0.455. The predicted molar refractivity (Wildman–Crippen MR) is 109 cm³/mol. The smallest absolute Gasteiger partial charge is 0.0724 e. The summed E-state index contributed by atoms with van der Waals surface area (Å²) in [6, 6.07) is 14.9. The van der Waals surface area contributed by atoms with Crippen molar-refractivity contribution < 1.29 is 0 Å². The predicted octanol–water partition coefficient (Wildman–Crippen LogP) is 5.90. The summed E-state index contributed by atoms with van der Waals surface area (Å²) in [6.45, 7) is 3.34. The fourth-order valence-electron chi connectivity index (χ4n) is 5.14. The van der Waals surface area contributed by atoms with Crippen LogP contribution < -0.4 is 5.32 Å². The van der Waals surface area contributed by atoms with Gasteiger partial charge in [0.2, 0.25) is 0 Å². The van der Waals surface area contributed by atoms with Crippen LogP contribution in [0.2, 0.25) is 10.0 Å². The number of likely N-dealkylation sites (tertiary alicyclic amines) is 1. The fourth-order valence-corrected chi connectivity index (χ4v) is 5.51. The lowest BCUT2D eigenvalue weighted by molar-refractivity contribution is 0.0333. The minimum absolute atomic E-state index is 0.00540. The van der Waals surface area contributed by atoms with Crippen LogP contribution in [0.15, 0.2) is 42.5 Å². The first-order valence-electron chi connectivity index (χ1n) is 9.71. The molecule has 26 heavy (non-hydrogen) atoms. The molecular weight excluding hydrogens is 363 g/mol. The highest BCUT2D eigenvalue weighted by Gasteiger charge is 2.52. The summed E-state index contributed by atoms with van der Waals surface area (Å²) in [7, 11) is 0. The maximum atomic E-state index is 6.36. The van der Waals surface area contributed by atoms with E-state index in [1.54, 1.807) is 0 Å². The molecule has 1 saturated heterocycles. The van der Waals surface area contributed by atoms with Crippen LogP contribution in [-0.2, 0) is 5.54 Å². The van der Waals surface area contributed by atoms with Crippen LogP contribution in [0.3, 0.4) is 0 Å². The number of nitrogens with zero attached hydrogens (tertiary/aromatic N) is 1. The largest absolute Gasteiger partial charge is 0.382 e. The highest BCUT2D eigenvalue weighted by molar-refractivity contribution is 6.31. The lowest BCUT2D eigenvalue weighted by atomic mass is 9.69. The van der Waals surface area contributed by atoms with E-state index in [1.807, 2.05) is 12.1 Å². The van der Waals surface area contributed by atoms with Gasteiger partial charge in [-0.25, -0.2) is 0 Å².